The number of sulfonamides is 1. The second-order valence-corrected chi connectivity index (χ2v) is 6.56. The highest BCUT2D eigenvalue weighted by Crippen LogP contribution is 2.27. The first-order valence-corrected chi connectivity index (χ1v) is 8.01. The molecule has 1 aromatic carbocycles. The SMILES string of the molecule is CCCN(CCO)S(=O)(=O)c1ccc2c(c1)NCC2. The fraction of sp³-hybridized carbons (Fsp3) is 0.538. The van der Waals surface area contributed by atoms with E-state index in [1.165, 1.54) is 4.31 Å². The molecule has 0 bridgehead atoms. The van der Waals surface area contributed by atoms with Gasteiger partial charge in [0.1, 0.15) is 0 Å². The van der Waals surface area contributed by atoms with E-state index in [2.05, 4.69) is 5.32 Å². The predicted molar refractivity (Wildman–Crippen MR) is 74.8 cm³/mol. The Bertz CT molecular complexity index is 537. The fourth-order valence-corrected chi connectivity index (χ4v) is 3.84. The molecule has 0 fully saturated rings. The standard InChI is InChI=1S/C13H20N2O3S/c1-2-7-15(8-9-16)19(17,18)12-4-3-11-5-6-14-13(11)10-12/h3-4,10,14,16H,2,5-9H2,1H3. The zero-order valence-corrected chi connectivity index (χ0v) is 11.9. The summed E-state index contributed by atoms with van der Waals surface area (Å²) in [6.07, 6.45) is 1.66. The van der Waals surface area contributed by atoms with Crippen molar-refractivity contribution in [1.29, 1.82) is 0 Å². The lowest BCUT2D eigenvalue weighted by molar-refractivity contribution is 0.253. The Morgan fingerprint density at radius 2 is 2.16 bits per heavy atom. The van der Waals surface area contributed by atoms with Crippen LogP contribution in [0.3, 0.4) is 0 Å². The van der Waals surface area contributed by atoms with Gasteiger partial charge in [-0.2, -0.15) is 4.31 Å². The molecule has 0 unspecified atom stereocenters. The van der Waals surface area contributed by atoms with Crippen LogP contribution in [0.1, 0.15) is 18.9 Å². The Morgan fingerprint density at radius 1 is 1.37 bits per heavy atom. The molecule has 0 saturated carbocycles. The van der Waals surface area contributed by atoms with Gasteiger partial charge in [-0.25, -0.2) is 8.42 Å². The van der Waals surface area contributed by atoms with Crippen LogP contribution in [-0.4, -0.2) is 44.1 Å². The highest BCUT2D eigenvalue weighted by Gasteiger charge is 2.24. The van der Waals surface area contributed by atoms with Crippen LogP contribution in [0.25, 0.3) is 0 Å². The number of hydrogen-bond donors (Lipinski definition) is 2. The molecule has 0 amide bonds. The van der Waals surface area contributed by atoms with E-state index < -0.39 is 10.0 Å². The highest BCUT2D eigenvalue weighted by molar-refractivity contribution is 7.89. The van der Waals surface area contributed by atoms with Gasteiger partial charge in [-0.05, 0) is 30.5 Å². The van der Waals surface area contributed by atoms with Crippen molar-refractivity contribution in [2.45, 2.75) is 24.7 Å². The summed E-state index contributed by atoms with van der Waals surface area (Å²) in [7, 11) is -3.51. The van der Waals surface area contributed by atoms with E-state index in [-0.39, 0.29) is 13.2 Å². The number of anilines is 1. The summed E-state index contributed by atoms with van der Waals surface area (Å²) in [6.45, 7) is 3.18. The Kier molecular flexibility index (Phi) is 4.44. The quantitative estimate of drug-likeness (QED) is 0.819. The third-order valence-electron chi connectivity index (χ3n) is 3.25. The Labute approximate surface area is 114 Å². The minimum Gasteiger partial charge on any atom is -0.395 e. The third-order valence-corrected chi connectivity index (χ3v) is 5.15. The van der Waals surface area contributed by atoms with Gasteiger partial charge in [-0.1, -0.05) is 13.0 Å². The Balaban J connectivity index is 2.32. The van der Waals surface area contributed by atoms with Gasteiger partial charge in [0, 0.05) is 25.3 Å². The Hall–Kier alpha value is -1.11. The van der Waals surface area contributed by atoms with E-state index >= 15 is 0 Å². The average molecular weight is 284 g/mol. The van der Waals surface area contributed by atoms with E-state index in [4.69, 9.17) is 5.11 Å². The van der Waals surface area contributed by atoms with Crippen LogP contribution in [0.15, 0.2) is 23.1 Å². The van der Waals surface area contributed by atoms with Crippen molar-refractivity contribution in [2.75, 3.05) is 31.6 Å². The van der Waals surface area contributed by atoms with Gasteiger partial charge in [-0.15, -0.1) is 0 Å². The number of aliphatic hydroxyl groups excluding tert-OH is 1. The van der Waals surface area contributed by atoms with Gasteiger partial charge >= 0.3 is 0 Å². The first-order valence-electron chi connectivity index (χ1n) is 6.57. The molecule has 0 radical (unpaired) electrons. The van der Waals surface area contributed by atoms with Gasteiger partial charge in [0.25, 0.3) is 0 Å². The van der Waals surface area contributed by atoms with E-state index in [9.17, 15) is 8.42 Å². The summed E-state index contributed by atoms with van der Waals surface area (Å²) in [5, 5.41) is 12.2. The van der Waals surface area contributed by atoms with Crippen LogP contribution in [0.5, 0.6) is 0 Å². The molecule has 1 aliphatic rings. The molecule has 2 rings (SSSR count). The van der Waals surface area contributed by atoms with Crippen LogP contribution in [-0.2, 0) is 16.4 Å². The minimum absolute atomic E-state index is 0.140. The molecular formula is C13H20N2O3S. The monoisotopic (exact) mass is 284 g/mol. The van der Waals surface area contributed by atoms with Crippen LogP contribution >= 0.6 is 0 Å². The highest BCUT2D eigenvalue weighted by atomic mass is 32.2. The molecule has 106 valence electrons. The summed E-state index contributed by atoms with van der Waals surface area (Å²) in [4.78, 5) is 0.294. The van der Waals surface area contributed by atoms with E-state index in [0.29, 0.717) is 11.4 Å². The summed E-state index contributed by atoms with van der Waals surface area (Å²) in [5.41, 5.74) is 2.06. The van der Waals surface area contributed by atoms with Crippen LogP contribution in [0.4, 0.5) is 5.69 Å². The summed E-state index contributed by atoms with van der Waals surface area (Å²) >= 11 is 0. The van der Waals surface area contributed by atoms with E-state index in [1.807, 2.05) is 13.0 Å². The lowest BCUT2D eigenvalue weighted by Gasteiger charge is -2.21. The maximum absolute atomic E-state index is 12.5. The molecular weight excluding hydrogens is 264 g/mol. The van der Waals surface area contributed by atoms with Gasteiger partial charge in [0.2, 0.25) is 10.0 Å². The van der Waals surface area contributed by atoms with Crippen molar-refractivity contribution in [3.63, 3.8) is 0 Å². The number of fused-ring (bicyclic) bond motifs is 1. The van der Waals surface area contributed by atoms with Gasteiger partial charge in [0.05, 0.1) is 11.5 Å². The van der Waals surface area contributed by atoms with E-state index in [0.717, 1.165) is 30.6 Å². The maximum atomic E-state index is 12.5. The zero-order valence-electron chi connectivity index (χ0n) is 11.1. The van der Waals surface area contributed by atoms with Gasteiger partial charge in [0.15, 0.2) is 0 Å². The maximum Gasteiger partial charge on any atom is 0.243 e. The predicted octanol–water partition coefficient (Wildman–Crippen LogP) is 1.05. The van der Waals surface area contributed by atoms with Crippen molar-refractivity contribution in [3.05, 3.63) is 23.8 Å². The lowest BCUT2D eigenvalue weighted by atomic mass is 10.2. The number of nitrogens with zero attached hydrogens (tertiary/aromatic N) is 1. The van der Waals surface area contributed by atoms with Gasteiger partial charge < -0.3 is 10.4 Å². The Morgan fingerprint density at radius 3 is 2.84 bits per heavy atom. The average Bonchev–Trinajstić information content (AvgIpc) is 2.85. The van der Waals surface area contributed by atoms with Crippen LogP contribution < -0.4 is 5.32 Å². The number of rotatable bonds is 6. The second kappa shape index (κ2) is 5.90. The number of hydrogen-bond acceptors (Lipinski definition) is 4. The molecule has 1 aliphatic heterocycles. The van der Waals surface area contributed by atoms with Crippen molar-refractivity contribution in [1.82, 2.24) is 4.31 Å². The van der Waals surface area contributed by atoms with E-state index in [1.54, 1.807) is 12.1 Å². The molecule has 0 aromatic heterocycles. The number of aliphatic hydroxyl groups is 1. The largest absolute Gasteiger partial charge is 0.395 e. The third kappa shape index (κ3) is 2.91. The van der Waals surface area contributed by atoms with Crippen molar-refractivity contribution in [2.24, 2.45) is 0 Å². The summed E-state index contributed by atoms with van der Waals surface area (Å²) in [5.74, 6) is 0. The van der Waals surface area contributed by atoms with Crippen molar-refractivity contribution in [3.8, 4) is 0 Å². The normalized spacial score (nSPS) is 14.5. The van der Waals surface area contributed by atoms with Crippen molar-refractivity contribution < 1.29 is 13.5 Å². The van der Waals surface area contributed by atoms with Crippen molar-refractivity contribution >= 4 is 15.7 Å². The molecule has 6 heteroatoms. The zero-order chi connectivity index (χ0) is 13.9. The number of nitrogens with one attached hydrogen (secondary N) is 1. The molecule has 19 heavy (non-hydrogen) atoms. The van der Waals surface area contributed by atoms with Gasteiger partial charge in [-0.3, -0.25) is 0 Å². The topological polar surface area (TPSA) is 69.6 Å². The lowest BCUT2D eigenvalue weighted by Crippen LogP contribution is -2.34. The molecule has 2 N–H and O–H groups in total. The molecule has 0 atom stereocenters. The molecule has 0 saturated heterocycles. The second-order valence-electron chi connectivity index (χ2n) is 4.62. The fourth-order valence-electron chi connectivity index (χ4n) is 2.29. The molecule has 1 heterocycles. The molecule has 0 spiro atoms. The molecule has 5 nitrogen and oxygen atoms in total. The van der Waals surface area contributed by atoms with Crippen LogP contribution in [0, 0.1) is 0 Å². The first kappa shape index (κ1) is 14.3. The van der Waals surface area contributed by atoms with Crippen LogP contribution in [0.2, 0.25) is 0 Å². The number of benzene rings is 1. The summed E-state index contributed by atoms with van der Waals surface area (Å²) < 4.78 is 26.3. The first-order chi connectivity index (χ1) is 9.09. The summed E-state index contributed by atoms with van der Waals surface area (Å²) in [6, 6.07) is 5.21. The molecule has 0 aliphatic carbocycles. The smallest absolute Gasteiger partial charge is 0.243 e. The molecule has 1 aromatic rings. The minimum atomic E-state index is -3.51.